The molecule has 0 amide bonds. The molecule has 2 aromatic heterocycles. The molecular formula is C19H15N3O3S2. The first kappa shape index (κ1) is 17.4. The Labute approximate surface area is 159 Å². The largest absolute Gasteiger partial charge is 0.308 e. The average Bonchev–Trinajstić information content (AvgIpc) is 2.98. The molecule has 0 aliphatic carbocycles. The van der Waals surface area contributed by atoms with Crippen molar-refractivity contribution in [2.24, 2.45) is 0 Å². The van der Waals surface area contributed by atoms with Gasteiger partial charge in [0.25, 0.3) is 10.0 Å². The lowest BCUT2D eigenvalue weighted by atomic mass is 10.2. The van der Waals surface area contributed by atoms with Gasteiger partial charge in [-0.1, -0.05) is 41.7 Å². The van der Waals surface area contributed by atoms with Crippen molar-refractivity contribution in [3.05, 3.63) is 88.3 Å². The molecule has 1 N–H and O–H groups in total. The second-order valence-electron chi connectivity index (χ2n) is 5.92. The van der Waals surface area contributed by atoms with E-state index in [-0.39, 0.29) is 9.77 Å². The molecule has 0 unspecified atom stereocenters. The SMILES string of the molecule is O=c1sc2cc(S(=O)(=O)Nc3cccnc3)ccc2n1Cc1ccccc1. The Morgan fingerprint density at radius 3 is 2.59 bits per heavy atom. The van der Waals surface area contributed by atoms with Gasteiger partial charge < -0.3 is 0 Å². The number of fused-ring (bicyclic) bond motifs is 1. The molecule has 2 heterocycles. The lowest BCUT2D eigenvalue weighted by Gasteiger charge is -2.08. The van der Waals surface area contributed by atoms with Crippen LogP contribution in [0.25, 0.3) is 10.2 Å². The third-order valence-corrected chi connectivity index (χ3v) is 6.37. The fourth-order valence-electron chi connectivity index (χ4n) is 2.77. The molecule has 0 aliphatic rings. The predicted octanol–water partition coefficient (Wildman–Crippen LogP) is 3.31. The van der Waals surface area contributed by atoms with E-state index in [2.05, 4.69) is 9.71 Å². The number of nitrogens with one attached hydrogen (secondary N) is 1. The summed E-state index contributed by atoms with van der Waals surface area (Å²) < 4.78 is 30.0. The Morgan fingerprint density at radius 2 is 1.85 bits per heavy atom. The lowest BCUT2D eigenvalue weighted by molar-refractivity contribution is 0.601. The average molecular weight is 397 g/mol. The molecule has 0 aliphatic heterocycles. The van der Waals surface area contributed by atoms with Gasteiger partial charge in [0.2, 0.25) is 0 Å². The van der Waals surface area contributed by atoms with Crippen LogP contribution >= 0.6 is 11.3 Å². The molecule has 0 atom stereocenters. The van der Waals surface area contributed by atoms with E-state index in [1.807, 2.05) is 30.3 Å². The van der Waals surface area contributed by atoms with Crippen LogP contribution in [0, 0.1) is 0 Å². The standard InChI is InChI=1S/C19H15N3O3S2/c23-19-22(13-14-5-2-1-3-6-14)17-9-8-16(11-18(17)26-19)27(24,25)21-15-7-4-10-20-12-15/h1-12,21H,13H2. The van der Waals surface area contributed by atoms with Crippen molar-refractivity contribution in [2.75, 3.05) is 4.72 Å². The molecule has 27 heavy (non-hydrogen) atoms. The predicted molar refractivity (Wildman–Crippen MR) is 107 cm³/mol. The van der Waals surface area contributed by atoms with E-state index in [4.69, 9.17) is 0 Å². The first-order chi connectivity index (χ1) is 13.0. The number of benzene rings is 2. The van der Waals surface area contributed by atoms with Crippen LogP contribution in [0.3, 0.4) is 0 Å². The van der Waals surface area contributed by atoms with Crippen molar-refractivity contribution in [2.45, 2.75) is 11.4 Å². The smallest absolute Gasteiger partial charge is 0.294 e. The molecule has 8 heteroatoms. The van der Waals surface area contributed by atoms with Crippen molar-refractivity contribution in [1.29, 1.82) is 0 Å². The molecule has 0 saturated carbocycles. The van der Waals surface area contributed by atoms with E-state index >= 15 is 0 Å². The summed E-state index contributed by atoms with van der Waals surface area (Å²) in [6.45, 7) is 0.444. The van der Waals surface area contributed by atoms with E-state index in [0.29, 0.717) is 22.4 Å². The van der Waals surface area contributed by atoms with Gasteiger partial charge in [0.1, 0.15) is 0 Å². The monoisotopic (exact) mass is 397 g/mol. The zero-order chi connectivity index (χ0) is 18.9. The fraction of sp³-hybridized carbons (Fsp3) is 0.0526. The number of aromatic nitrogens is 2. The van der Waals surface area contributed by atoms with E-state index < -0.39 is 10.0 Å². The third-order valence-electron chi connectivity index (χ3n) is 4.05. The van der Waals surface area contributed by atoms with Crippen molar-refractivity contribution in [3.8, 4) is 0 Å². The highest BCUT2D eigenvalue weighted by atomic mass is 32.2. The highest BCUT2D eigenvalue weighted by Crippen LogP contribution is 2.24. The van der Waals surface area contributed by atoms with Crippen molar-refractivity contribution < 1.29 is 8.42 Å². The zero-order valence-corrected chi connectivity index (χ0v) is 15.7. The maximum Gasteiger partial charge on any atom is 0.308 e. The van der Waals surface area contributed by atoms with Gasteiger partial charge in [-0.15, -0.1) is 0 Å². The molecule has 2 aromatic carbocycles. The first-order valence-corrected chi connectivity index (χ1v) is 10.4. The quantitative estimate of drug-likeness (QED) is 0.560. The minimum Gasteiger partial charge on any atom is -0.294 e. The van der Waals surface area contributed by atoms with Gasteiger partial charge in [-0.05, 0) is 35.9 Å². The number of hydrogen-bond donors (Lipinski definition) is 1. The van der Waals surface area contributed by atoms with Crippen LogP contribution in [-0.4, -0.2) is 18.0 Å². The Bertz CT molecular complexity index is 1250. The van der Waals surface area contributed by atoms with Crippen LogP contribution in [-0.2, 0) is 16.6 Å². The molecule has 6 nitrogen and oxygen atoms in total. The summed E-state index contributed by atoms with van der Waals surface area (Å²) in [7, 11) is -3.76. The van der Waals surface area contributed by atoms with Gasteiger partial charge >= 0.3 is 4.87 Å². The van der Waals surface area contributed by atoms with E-state index in [1.54, 1.807) is 29.0 Å². The number of anilines is 1. The van der Waals surface area contributed by atoms with Gasteiger partial charge in [0.05, 0.1) is 33.5 Å². The van der Waals surface area contributed by atoms with Gasteiger partial charge in [0.15, 0.2) is 0 Å². The molecule has 4 rings (SSSR count). The Morgan fingerprint density at radius 1 is 1.04 bits per heavy atom. The molecule has 0 fully saturated rings. The van der Waals surface area contributed by atoms with Gasteiger partial charge in [-0.25, -0.2) is 8.42 Å². The number of hydrogen-bond acceptors (Lipinski definition) is 5. The van der Waals surface area contributed by atoms with E-state index in [9.17, 15) is 13.2 Å². The van der Waals surface area contributed by atoms with Gasteiger partial charge in [-0.3, -0.25) is 19.1 Å². The maximum absolute atomic E-state index is 12.6. The number of rotatable bonds is 5. The molecule has 0 radical (unpaired) electrons. The summed E-state index contributed by atoms with van der Waals surface area (Å²) in [6.07, 6.45) is 3.00. The summed E-state index contributed by atoms with van der Waals surface area (Å²) >= 11 is 1.04. The van der Waals surface area contributed by atoms with E-state index in [0.717, 1.165) is 16.9 Å². The Balaban J connectivity index is 1.70. The fourth-order valence-corrected chi connectivity index (χ4v) is 4.84. The highest BCUT2D eigenvalue weighted by Gasteiger charge is 2.17. The molecular weight excluding hydrogens is 382 g/mol. The van der Waals surface area contributed by atoms with Crippen LogP contribution in [0.15, 0.2) is 82.7 Å². The summed E-state index contributed by atoms with van der Waals surface area (Å²) in [5.41, 5.74) is 2.11. The van der Waals surface area contributed by atoms with Crippen LogP contribution in [0.1, 0.15) is 5.56 Å². The molecule has 0 bridgehead atoms. The van der Waals surface area contributed by atoms with Crippen LogP contribution in [0.4, 0.5) is 5.69 Å². The highest BCUT2D eigenvalue weighted by molar-refractivity contribution is 7.92. The zero-order valence-electron chi connectivity index (χ0n) is 14.1. The molecule has 0 saturated heterocycles. The van der Waals surface area contributed by atoms with Crippen LogP contribution in [0.2, 0.25) is 0 Å². The summed E-state index contributed by atoms with van der Waals surface area (Å²) in [5, 5.41) is 0. The van der Waals surface area contributed by atoms with Crippen LogP contribution in [0.5, 0.6) is 0 Å². The Kier molecular flexibility index (Phi) is 4.51. The van der Waals surface area contributed by atoms with E-state index in [1.165, 1.54) is 18.3 Å². The third kappa shape index (κ3) is 3.62. The number of pyridine rings is 1. The summed E-state index contributed by atoms with van der Waals surface area (Å²) in [5.74, 6) is 0. The van der Waals surface area contributed by atoms with Crippen molar-refractivity contribution in [3.63, 3.8) is 0 Å². The second-order valence-corrected chi connectivity index (χ2v) is 8.59. The molecule has 4 aromatic rings. The van der Waals surface area contributed by atoms with Crippen molar-refractivity contribution >= 4 is 37.3 Å². The second kappa shape index (κ2) is 6.98. The molecule has 0 spiro atoms. The topological polar surface area (TPSA) is 81.1 Å². The first-order valence-electron chi connectivity index (χ1n) is 8.13. The number of sulfonamides is 1. The summed E-state index contributed by atoms with van der Waals surface area (Å²) in [6, 6.07) is 17.6. The maximum atomic E-state index is 12.6. The lowest BCUT2D eigenvalue weighted by Crippen LogP contribution is -2.14. The molecule has 136 valence electrons. The minimum absolute atomic E-state index is 0.104. The number of thiazole rings is 1. The number of nitrogens with zero attached hydrogens (tertiary/aromatic N) is 2. The Hall–Kier alpha value is -2.97. The normalized spacial score (nSPS) is 11.6. The van der Waals surface area contributed by atoms with Crippen molar-refractivity contribution in [1.82, 2.24) is 9.55 Å². The van der Waals surface area contributed by atoms with Gasteiger partial charge in [-0.2, -0.15) is 0 Å². The summed E-state index contributed by atoms with van der Waals surface area (Å²) in [4.78, 5) is 16.3. The minimum atomic E-state index is -3.76. The van der Waals surface area contributed by atoms with Gasteiger partial charge in [0, 0.05) is 6.20 Å². The van der Waals surface area contributed by atoms with Crippen LogP contribution < -0.4 is 9.60 Å².